The summed E-state index contributed by atoms with van der Waals surface area (Å²) in [6.07, 6.45) is 2.47. The molecule has 1 heterocycles. The van der Waals surface area contributed by atoms with Crippen molar-refractivity contribution >= 4 is 35.5 Å². The van der Waals surface area contributed by atoms with Crippen LogP contribution in [0.1, 0.15) is 79.7 Å². The van der Waals surface area contributed by atoms with E-state index in [1.165, 1.54) is 4.90 Å². The maximum Gasteiger partial charge on any atom is 0.329 e. The molecule has 258 valence electrons. The van der Waals surface area contributed by atoms with Crippen LogP contribution in [0.3, 0.4) is 0 Å². The molecule has 0 aromatic heterocycles. The summed E-state index contributed by atoms with van der Waals surface area (Å²) in [7, 11) is 0. The van der Waals surface area contributed by atoms with Crippen LogP contribution >= 0.6 is 0 Å². The zero-order chi connectivity index (χ0) is 34.8. The summed E-state index contributed by atoms with van der Waals surface area (Å²) in [5.41, 5.74) is 5.14. The molecule has 2 saturated carbocycles. The molecule has 1 saturated heterocycles. The molecule has 3 fully saturated rings. The van der Waals surface area contributed by atoms with Crippen molar-refractivity contribution in [2.24, 2.45) is 40.2 Å². The van der Waals surface area contributed by atoms with Gasteiger partial charge in [-0.25, -0.2) is 9.59 Å². The highest BCUT2D eigenvalue weighted by molar-refractivity contribution is 6.37. The molecule has 2 unspecified atom stereocenters. The number of nitrogens with two attached hydrogens (primary N) is 1. The molecule has 5 N–H and O–H groups in total. The molecule has 0 radical (unpaired) electrons. The van der Waals surface area contributed by atoms with E-state index >= 15 is 0 Å². The van der Waals surface area contributed by atoms with E-state index in [2.05, 4.69) is 16.0 Å². The lowest BCUT2D eigenvalue weighted by Gasteiger charge is -2.38. The van der Waals surface area contributed by atoms with E-state index in [-0.39, 0.29) is 35.7 Å². The van der Waals surface area contributed by atoms with E-state index in [0.29, 0.717) is 19.4 Å². The van der Waals surface area contributed by atoms with Gasteiger partial charge >= 0.3 is 12.0 Å². The standard InChI is InChI=1S/C35H51N5O7/c1-19(2)15-24(32(45)47-18-21-11-9-8-10-12-21)38-33(46)39-28(34(3,4)5)31(44)40-17-22-25(35(22,6)7)26(40)30(43)37-23(16-20-13-14-20)27(41)29(36)42/h8-12,19-20,22-26,28H,13-18H2,1-7H3,(H2,36,42)(H,37,43)(H2,38,39,46)/t22-,23?,24?,25-,26-,28+/m0/s1. The Morgan fingerprint density at radius 2 is 1.62 bits per heavy atom. The minimum Gasteiger partial charge on any atom is -0.459 e. The van der Waals surface area contributed by atoms with E-state index in [1.807, 2.05) is 78.8 Å². The number of ketones is 1. The van der Waals surface area contributed by atoms with Crippen LogP contribution in [-0.2, 0) is 35.3 Å². The Kier molecular flexibility index (Phi) is 10.7. The number of Topliss-reactive ketones (excluding diaryl/α,β-unsaturated/α-hetero) is 1. The van der Waals surface area contributed by atoms with Crippen molar-refractivity contribution in [3.05, 3.63) is 35.9 Å². The Hall–Kier alpha value is -3.96. The van der Waals surface area contributed by atoms with E-state index < -0.39 is 65.1 Å². The largest absolute Gasteiger partial charge is 0.459 e. The summed E-state index contributed by atoms with van der Waals surface area (Å²) in [4.78, 5) is 80.4. The molecule has 1 aromatic rings. The van der Waals surface area contributed by atoms with Crippen LogP contribution in [0.4, 0.5) is 4.79 Å². The van der Waals surface area contributed by atoms with Gasteiger partial charge in [-0.05, 0) is 52.9 Å². The number of primary amides is 1. The average Bonchev–Trinajstić information content (AvgIpc) is 3.84. The number of ether oxygens (including phenoxy) is 1. The molecule has 12 heteroatoms. The molecule has 4 rings (SSSR count). The second-order valence-corrected chi connectivity index (χ2v) is 15.6. The number of nitrogens with one attached hydrogen (secondary N) is 3. The lowest BCUT2D eigenvalue weighted by Crippen LogP contribution is -2.62. The van der Waals surface area contributed by atoms with Crippen molar-refractivity contribution in [2.75, 3.05) is 6.54 Å². The minimum atomic E-state index is -1.11. The van der Waals surface area contributed by atoms with Gasteiger partial charge in [-0.3, -0.25) is 19.2 Å². The van der Waals surface area contributed by atoms with E-state index in [0.717, 1.165) is 18.4 Å². The number of hydrogen-bond acceptors (Lipinski definition) is 7. The Balaban J connectivity index is 1.48. The van der Waals surface area contributed by atoms with Gasteiger partial charge in [0.25, 0.3) is 5.91 Å². The first-order chi connectivity index (χ1) is 21.9. The smallest absolute Gasteiger partial charge is 0.329 e. The zero-order valence-electron chi connectivity index (χ0n) is 28.6. The number of rotatable bonds is 14. The van der Waals surface area contributed by atoms with E-state index in [1.54, 1.807) is 0 Å². The average molecular weight is 654 g/mol. The highest BCUT2D eigenvalue weighted by Crippen LogP contribution is 2.65. The SMILES string of the molecule is CC(C)CC(NC(=O)N[C@H](C(=O)N1C[C@H]2[C@@H]([C@H]1C(=O)NC(CC1CC1)C(=O)C(N)=O)C2(C)C)C(C)(C)C)C(=O)OCc1ccccc1. The van der Waals surface area contributed by atoms with Crippen LogP contribution in [-0.4, -0.2) is 71.1 Å². The fourth-order valence-corrected chi connectivity index (χ4v) is 6.82. The summed E-state index contributed by atoms with van der Waals surface area (Å²) < 4.78 is 5.51. The Morgan fingerprint density at radius 1 is 0.979 bits per heavy atom. The lowest BCUT2D eigenvalue weighted by molar-refractivity contribution is -0.147. The summed E-state index contributed by atoms with van der Waals surface area (Å²) in [6.45, 7) is 13.7. The van der Waals surface area contributed by atoms with Gasteiger partial charge in [-0.2, -0.15) is 0 Å². The first-order valence-corrected chi connectivity index (χ1v) is 16.6. The van der Waals surface area contributed by atoms with Crippen molar-refractivity contribution in [1.82, 2.24) is 20.9 Å². The Labute approximate surface area is 277 Å². The summed E-state index contributed by atoms with van der Waals surface area (Å²) in [5.74, 6) is -3.29. The molecule has 47 heavy (non-hydrogen) atoms. The van der Waals surface area contributed by atoms with Gasteiger partial charge in [0.15, 0.2) is 0 Å². The van der Waals surface area contributed by atoms with Crippen molar-refractivity contribution in [3.8, 4) is 0 Å². The summed E-state index contributed by atoms with van der Waals surface area (Å²) >= 11 is 0. The van der Waals surface area contributed by atoms with Gasteiger partial charge < -0.3 is 31.3 Å². The quantitative estimate of drug-likeness (QED) is 0.176. The fourth-order valence-electron chi connectivity index (χ4n) is 6.82. The Morgan fingerprint density at radius 3 is 2.17 bits per heavy atom. The third kappa shape index (κ3) is 8.70. The number of likely N-dealkylation sites (tertiary alicyclic amines) is 1. The number of fused-ring (bicyclic) bond motifs is 1. The molecule has 12 nitrogen and oxygen atoms in total. The summed E-state index contributed by atoms with van der Waals surface area (Å²) in [5, 5.41) is 8.26. The number of hydrogen-bond donors (Lipinski definition) is 4. The van der Waals surface area contributed by atoms with Crippen molar-refractivity contribution in [2.45, 2.75) is 105 Å². The number of carbonyl (C=O) groups is 6. The van der Waals surface area contributed by atoms with Crippen LogP contribution in [0.5, 0.6) is 0 Å². The molecule has 0 spiro atoms. The number of benzene rings is 1. The number of piperidine rings is 1. The molecule has 0 bridgehead atoms. The van der Waals surface area contributed by atoms with Crippen LogP contribution in [0.15, 0.2) is 30.3 Å². The van der Waals surface area contributed by atoms with Gasteiger partial charge in [0.2, 0.25) is 17.6 Å². The van der Waals surface area contributed by atoms with E-state index in [9.17, 15) is 28.8 Å². The monoisotopic (exact) mass is 653 g/mol. The number of carbonyl (C=O) groups excluding carboxylic acids is 6. The van der Waals surface area contributed by atoms with Crippen LogP contribution < -0.4 is 21.7 Å². The molecule has 3 aliphatic rings. The van der Waals surface area contributed by atoms with Crippen molar-refractivity contribution in [1.29, 1.82) is 0 Å². The van der Waals surface area contributed by atoms with Gasteiger partial charge in [-0.1, -0.05) is 91.6 Å². The number of amides is 5. The third-order valence-corrected chi connectivity index (χ3v) is 9.81. The van der Waals surface area contributed by atoms with Gasteiger partial charge in [0.1, 0.15) is 24.7 Å². The van der Waals surface area contributed by atoms with Gasteiger partial charge in [-0.15, -0.1) is 0 Å². The third-order valence-electron chi connectivity index (χ3n) is 9.81. The molecular weight excluding hydrogens is 602 g/mol. The number of urea groups is 1. The highest BCUT2D eigenvalue weighted by Gasteiger charge is 2.70. The van der Waals surface area contributed by atoms with Crippen LogP contribution in [0.2, 0.25) is 0 Å². The Bertz CT molecular complexity index is 1370. The molecule has 1 aromatic carbocycles. The first kappa shape index (κ1) is 35.9. The second-order valence-electron chi connectivity index (χ2n) is 15.6. The fraction of sp³-hybridized carbons (Fsp3) is 0.657. The molecular formula is C35H51N5O7. The van der Waals surface area contributed by atoms with Crippen molar-refractivity contribution < 1.29 is 33.5 Å². The molecule has 1 aliphatic heterocycles. The minimum absolute atomic E-state index is 0.0557. The summed E-state index contributed by atoms with van der Waals surface area (Å²) in [6, 6.07) is 4.59. The van der Waals surface area contributed by atoms with Crippen molar-refractivity contribution in [3.63, 3.8) is 0 Å². The van der Waals surface area contributed by atoms with Gasteiger partial charge in [0, 0.05) is 6.54 Å². The maximum atomic E-state index is 14.3. The molecule has 2 aliphatic carbocycles. The predicted molar refractivity (Wildman–Crippen MR) is 174 cm³/mol. The van der Waals surface area contributed by atoms with Crippen LogP contribution in [0, 0.1) is 34.5 Å². The number of nitrogens with zero attached hydrogens (tertiary/aromatic N) is 1. The predicted octanol–water partition coefficient (Wildman–Crippen LogP) is 2.68. The maximum absolute atomic E-state index is 14.3. The first-order valence-electron chi connectivity index (χ1n) is 16.6. The second kappa shape index (κ2) is 14.0. The zero-order valence-corrected chi connectivity index (χ0v) is 28.6. The molecule has 6 atom stereocenters. The van der Waals surface area contributed by atoms with Gasteiger partial charge in [0.05, 0.1) is 6.04 Å². The topological polar surface area (TPSA) is 177 Å². The molecule has 5 amide bonds. The van der Waals surface area contributed by atoms with E-state index in [4.69, 9.17) is 10.5 Å². The highest BCUT2D eigenvalue weighted by atomic mass is 16.5. The van der Waals surface area contributed by atoms with Crippen LogP contribution in [0.25, 0.3) is 0 Å². The lowest BCUT2D eigenvalue weighted by atomic mass is 9.85. The number of esters is 1. The normalized spacial score (nSPS) is 23.1.